The van der Waals surface area contributed by atoms with E-state index in [9.17, 15) is 4.39 Å². The first-order valence-corrected chi connectivity index (χ1v) is 7.24. The average Bonchev–Trinajstić information content (AvgIpc) is 2.76. The average molecular weight is 269 g/mol. The summed E-state index contributed by atoms with van der Waals surface area (Å²) in [6.45, 7) is 4.99. The summed E-state index contributed by atoms with van der Waals surface area (Å²) < 4.78 is 18.9. The lowest BCUT2D eigenvalue weighted by atomic mass is 10.1. The van der Waals surface area contributed by atoms with Crippen molar-refractivity contribution < 1.29 is 9.13 Å². The number of thioether (sulfide) groups is 1. The predicted molar refractivity (Wildman–Crippen MR) is 73.6 cm³/mol. The van der Waals surface area contributed by atoms with Crippen LogP contribution in [-0.2, 0) is 4.74 Å². The first-order valence-electron chi connectivity index (χ1n) is 6.36. The summed E-state index contributed by atoms with van der Waals surface area (Å²) in [4.78, 5) is 1.15. The van der Waals surface area contributed by atoms with Crippen molar-refractivity contribution in [3.8, 4) is 0 Å². The van der Waals surface area contributed by atoms with Crippen molar-refractivity contribution in [3.05, 3.63) is 29.6 Å². The minimum Gasteiger partial charge on any atom is -0.377 e. The zero-order valence-electron chi connectivity index (χ0n) is 11.1. The Labute approximate surface area is 112 Å². The molecule has 0 amide bonds. The molecule has 100 valence electrons. The van der Waals surface area contributed by atoms with Gasteiger partial charge in [0.05, 0.1) is 6.10 Å². The van der Waals surface area contributed by atoms with Crippen molar-refractivity contribution in [2.24, 2.45) is 0 Å². The van der Waals surface area contributed by atoms with Gasteiger partial charge in [0.2, 0.25) is 0 Å². The largest absolute Gasteiger partial charge is 0.377 e. The van der Waals surface area contributed by atoms with Crippen molar-refractivity contribution in [3.63, 3.8) is 0 Å². The fourth-order valence-electron chi connectivity index (χ4n) is 2.15. The summed E-state index contributed by atoms with van der Waals surface area (Å²) >= 11 is 1.81. The molecule has 0 radical (unpaired) electrons. The molecule has 3 atom stereocenters. The predicted octanol–water partition coefficient (Wildman–Crippen LogP) is 3.38. The summed E-state index contributed by atoms with van der Waals surface area (Å²) in [6, 6.07) is 5.20. The Morgan fingerprint density at radius 1 is 1.50 bits per heavy atom. The summed E-state index contributed by atoms with van der Waals surface area (Å²) in [7, 11) is 1.89. The lowest BCUT2D eigenvalue weighted by Crippen LogP contribution is -2.16. The van der Waals surface area contributed by atoms with Gasteiger partial charge in [0.25, 0.3) is 0 Å². The molecule has 0 spiro atoms. The van der Waals surface area contributed by atoms with E-state index in [1.165, 1.54) is 6.07 Å². The number of hydrogen-bond acceptors (Lipinski definition) is 3. The van der Waals surface area contributed by atoms with Crippen LogP contribution in [0.25, 0.3) is 0 Å². The van der Waals surface area contributed by atoms with Crippen molar-refractivity contribution in [2.75, 3.05) is 13.7 Å². The van der Waals surface area contributed by atoms with Crippen LogP contribution in [0.3, 0.4) is 0 Å². The lowest BCUT2D eigenvalue weighted by Gasteiger charge is -2.19. The molecular weight excluding hydrogens is 249 g/mol. The first kappa shape index (κ1) is 13.8. The minimum absolute atomic E-state index is 0.154. The molecule has 0 aromatic heterocycles. The van der Waals surface area contributed by atoms with Crippen molar-refractivity contribution in [1.29, 1.82) is 0 Å². The molecule has 1 fully saturated rings. The van der Waals surface area contributed by atoms with Crippen LogP contribution in [0.2, 0.25) is 0 Å². The molecule has 1 N–H and O–H groups in total. The van der Waals surface area contributed by atoms with Gasteiger partial charge in [-0.1, -0.05) is 0 Å². The maximum atomic E-state index is 13.4. The molecule has 0 aliphatic carbocycles. The van der Waals surface area contributed by atoms with Crippen molar-refractivity contribution in [2.45, 2.75) is 42.6 Å². The van der Waals surface area contributed by atoms with Gasteiger partial charge in [-0.2, -0.15) is 0 Å². The summed E-state index contributed by atoms with van der Waals surface area (Å²) in [5, 5.41) is 3.64. The van der Waals surface area contributed by atoms with Gasteiger partial charge in [-0.25, -0.2) is 4.39 Å². The fourth-order valence-corrected chi connectivity index (χ4v) is 3.48. The monoisotopic (exact) mass is 269 g/mol. The van der Waals surface area contributed by atoms with E-state index in [-0.39, 0.29) is 18.0 Å². The van der Waals surface area contributed by atoms with E-state index in [4.69, 9.17) is 4.74 Å². The van der Waals surface area contributed by atoms with Gasteiger partial charge < -0.3 is 10.1 Å². The Morgan fingerprint density at radius 3 is 2.89 bits per heavy atom. The van der Waals surface area contributed by atoms with E-state index in [1.54, 1.807) is 17.8 Å². The van der Waals surface area contributed by atoms with E-state index in [2.05, 4.69) is 12.2 Å². The number of halogens is 1. The van der Waals surface area contributed by atoms with Crippen LogP contribution >= 0.6 is 11.8 Å². The normalized spacial score (nSPS) is 25.3. The molecule has 0 bridgehead atoms. The summed E-state index contributed by atoms with van der Waals surface area (Å²) in [5.41, 5.74) is 1.03. The Morgan fingerprint density at radius 2 is 2.28 bits per heavy atom. The minimum atomic E-state index is -0.174. The van der Waals surface area contributed by atoms with Gasteiger partial charge in [-0.15, -0.1) is 11.8 Å². The van der Waals surface area contributed by atoms with Crippen LogP contribution in [-0.4, -0.2) is 25.0 Å². The molecule has 0 saturated carbocycles. The zero-order valence-corrected chi connectivity index (χ0v) is 11.9. The Balaban J connectivity index is 2.20. The molecule has 2 nitrogen and oxygen atoms in total. The first-order chi connectivity index (χ1) is 8.61. The number of hydrogen-bond donors (Lipinski definition) is 1. The second kappa shape index (κ2) is 6.04. The highest BCUT2D eigenvalue weighted by Crippen LogP contribution is 2.36. The molecule has 18 heavy (non-hydrogen) atoms. The summed E-state index contributed by atoms with van der Waals surface area (Å²) in [6.07, 6.45) is 1.34. The van der Waals surface area contributed by atoms with Gasteiger partial charge in [0, 0.05) is 22.8 Å². The molecule has 1 aromatic rings. The molecule has 2 rings (SSSR count). The molecule has 3 unspecified atom stereocenters. The van der Waals surface area contributed by atoms with E-state index < -0.39 is 0 Å². The second-order valence-electron chi connectivity index (χ2n) is 4.71. The number of ether oxygens (including phenoxy) is 1. The molecular formula is C14H20FNOS. The van der Waals surface area contributed by atoms with Crippen LogP contribution in [0.5, 0.6) is 0 Å². The Kier molecular flexibility index (Phi) is 4.65. The molecule has 1 saturated heterocycles. The third-order valence-corrected chi connectivity index (χ3v) is 5.00. The maximum absolute atomic E-state index is 13.4. The number of rotatable bonds is 4. The highest BCUT2D eigenvalue weighted by molar-refractivity contribution is 8.00. The second-order valence-corrected chi connectivity index (χ2v) is 5.99. The van der Waals surface area contributed by atoms with Crippen molar-refractivity contribution >= 4 is 11.8 Å². The third kappa shape index (κ3) is 3.05. The fraction of sp³-hybridized carbons (Fsp3) is 0.571. The van der Waals surface area contributed by atoms with E-state index in [0.717, 1.165) is 23.5 Å². The smallest absolute Gasteiger partial charge is 0.123 e. The molecule has 1 aliphatic rings. The van der Waals surface area contributed by atoms with Gasteiger partial charge >= 0.3 is 0 Å². The molecule has 1 aliphatic heterocycles. The van der Waals surface area contributed by atoms with E-state index in [1.807, 2.05) is 20.0 Å². The van der Waals surface area contributed by atoms with Gasteiger partial charge in [0.1, 0.15) is 5.82 Å². The highest BCUT2D eigenvalue weighted by Gasteiger charge is 2.26. The van der Waals surface area contributed by atoms with Crippen molar-refractivity contribution in [1.82, 2.24) is 5.32 Å². The molecule has 1 aromatic carbocycles. The third-order valence-electron chi connectivity index (χ3n) is 3.46. The maximum Gasteiger partial charge on any atom is 0.123 e. The highest BCUT2D eigenvalue weighted by atomic mass is 32.2. The Hall–Kier alpha value is -0.580. The van der Waals surface area contributed by atoms with Crippen LogP contribution in [0.15, 0.2) is 23.1 Å². The van der Waals surface area contributed by atoms with Crippen LogP contribution in [0, 0.1) is 5.82 Å². The lowest BCUT2D eigenvalue weighted by molar-refractivity contribution is 0.127. The standard InChI is InChI=1S/C14H20FNOS/c1-9(16-3)12-8-11(15)4-5-14(12)18-13-6-7-17-10(13)2/h4-5,8-10,13,16H,6-7H2,1-3H3. The topological polar surface area (TPSA) is 21.3 Å². The molecule has 4 heteroatoms. The van der Waals surface area contributed by atoms with Crippen LogP contribution < -0.4 is 5.32 Å². The zero-order chi connectivity index (χ0) is 13.1. The summed E-state index contributed by atoms with van der Waals surface area (Å²) in [5.74, 6) is -0.174. The quantitative estimate of drug-likeness (QED) is 0.905. The van der Waals surface area contributed by atoms with Gasteiger partial charge in [-0.3, -0.25) is 0 Å². The van der Waals surface area contributed by atoms with Gasteiger partial charge in [-0.05, 0) is 51.1 Å². The number of benzene rings is 1. The SMILES string of the molecule is CNC(C)c1cc(F)ccc1SC1CCOC1C. The molecule has 1 heterocycles. The van der Waals surface area contributed by atoms with E-state index >= 15 is 0 Å². The van der Waals surface area contributed by atoms with Crippen LogP contribution in [0.4, 0.5) is 4.39 Å². The Bertz CT molecular complexity index is 413. The van der Waals surface area contributed by atoms with Gasteiger partial charge in [0.15, 0.2) is 0 Å². The number of nitrogens with one attached hydrogen (secondary N) is 1. The van der Waals surface area contributed by atoms with E-state index in [0.29, 0.717) is 5.25 Å². The van der Waals surface area contributed by atoms with Crippen LogP contribution in [0.1, 0.15) is 31.9 Å².